The van der Waals surface area contributed by atoms with E-state index < -0.39 is 0 Å². The van der Waals surface area contributed by atoms with E-state index in [0.29, 0.717) is 48.5 Å². The summed E-state index contributed by atoms with van der Waals surface area (Å²) in [6.45, 7) is 6.90. The van der Waals surface area contributed by atoms with Gasteiger partial charge in [-0.1, -0.05) is 41.6 Å². The fourth-order valence-electron chi connectivity index (χ4n) is 3.25. The zero-order chi connectivity index (χ0) is 20.8. The van der Waals surface area contributed by atoms with Crippen molar-refractivity contribution in [3.05, 3.63) is 52.7 Å². The zero-order valence-electron chi connectivity index (χ0n) is 16.7. The van der Waals surface area contributed by atoms with Gasteiger partial charge < -0.3 is 10.2 Å². The lowest BCUT2D eigenvalue weighted by Gasteiger charge is -2.34. The summed E-state index contributed by atoms with van der Waals surface area (Å²) in [6.07, 6.45) is 1.67. The fraction of sp³-hybridized carbons (Fsp3) is 0.381. The number of piperazine rings is 1. The quantitative estimate of drug-likeness (QED) is 0.710. The molecule has 1 N–H and O–H groups in total. The van der Waals surface area contributed by atoms with Crippen LogP contribution in [0.3, 0.4) is 0 Å². The molecule has 1 aromatic carbocycles. The Bertz CT molecular complexity index is 864. The lowest BCUT2D eigenvalue weighted by Crippen LogP contribution is -2.50. The van der Waals surface area contributed by atoms with Gasteiger partial charge in [0.05, 0.1) is 17.3 Å². The highest BCUT2D eigenvalue weighted by atomic mass is 35.5. The summed E-state index contributed by atoms with van der Waals surface area (Å²) in [7, 11) is 0. The van der Waals surface area contributed by atoms with Gasteiger partial charge in [-0.05, 0) is 37.1 Å². The third-order valence-corrected chi connectivity index (χ3v) is 6.30. The normalized spacial score (nSPS) is 14.7. The summed E-state index contributed by atoms with van der Waals surface area (Å²) in [5, 5.41) is 4.25. The van der Waals surface area contributed by atoms with Crippen molar-refractivity contribution in [3.8, 4) is 0 Å². The van der Waals surface area contributed by atoms with Gasteiger partial charge in [0, 0.05) is 38.1 Å². The topological polar surface area (TPSA) is 65.5 Å². The number of hydrogen-bond acceptors (Lipinski definition) is 5. The molecule has 2 aromatic rings. The van der Waals surface area contributed by atoms with E-state index in [9.17, 15) is 9.59 Å². The van der Waals surface area contributed by atoms with Crippen molar-refractivity contribution in [2.24, 2.45) is 0 Å². The Morgan fingerprint density at radius 3 is 2.45 bits per heavy atom. The number of hydrogen-bond donors (Lipinski definition) is 1. The number of nitrogens with one attached hydrogen (secondary N) is 1. The van der Waals surface area contributed by atoms with Gasteiger partial charge in [-0.3, -0.25) is 14.5 Å². The van der Waals surface area contributed by atoms with Crippen LogP contribution in [0.25, 0.3) is 0 Å². The molecule has 1 fully saturated rings. The molecule has 2 heterocycles. The molecule has 1 saturated heterocycles. The number of amides is 2. The molecule has 0 saturated carbocycles. The average molecular weight is 433 g/mol. The van der Waals surface area contributed by atoms with Crippen LogP contribution in [0.2, 0.25) is 5.02 Å². The SMILES string of the molecule is Cc1cccc(C)c1NC(=O)CN1CCN(C(=O)CSc2ncccc2Cl)CC1. The number of nitrogens with zero attached hydrogens (tertiary/aromatic N) is 3. The van der Waals surface area contributed by atoms with E-state index in [-0.39, 0.29) is 11.8 Å². The van der Waals surface area contributed by atoms with Gasteiger partial charge in [0.2, 0.25) is 11.8 Å². The molecule has 8 heteroatoms. The van der Waals surface area contributed by atoms with Crippen molar-refractivity contribution in [1.29, 1.82) is 0 Å². The van der Waals surface area contributed by atoms with Crippen LogP contribution in [-0.2, 0) is 9.59 Å². The number of carbonyl (C=O) groups is 2. The molecule has 1 aromatic heterocycles. The summed E-state index contributed by atoms with van der Waals surface area (Å²) >= 11 is 7.44. The van der Waals surface area contributed by atoms with Crippen LogP contribution in [0.15, 0.2) is 41.6 Å². The van der Waals surface area contributed by atoms with Crippen LogP contribution in [0.5, 0.6) is 0 Å². The van der Waals surface area contributed by atoms with Crippen LogP contribution in [0, 0.1) is 13.8 Å². The largest absolute Gasteiger partial charge is 0.339 e. The molecule has 0 atom stereocenters. The third kappa shape index (κ3) is 5.95. The number of thioether (sulfide) groups is 1. The Morgan fingerprint density at radius 1 is 1.10 bits per heavy atom. The molecule has 0 unspecified atom stereocenters. The smallest absolute Gasteiger partial charge is 0.238 e. The minimum Gasteiger partial charge on any atom is -0.339 e. The van der Waals surface area contributed by atoms with Crippen LogP contribution in [-0.4, -0.2) is 65.1 Å². The molecular formula is C21H25ClN4O2S. The predicted octanol–water partition coefficient (Wildman–Crippen LogP) is 3.23. The van der Waals surface area contributed by atoms with Crippen molar-refractivity contribution in [2.45, 2.75) is 18.9 Å². The highest BCUT2D eigenvalue weighted by molar-refractivity contribution is 8.00. The van der Waals surface area contributed by atoms with E-state index in [1.807, 2.05) is 36.9 Å². The minimum absolute atomic E-state index is 0.0254. The summed E-state index contributed by atoms with van der Waals surface area (Å²) in [5.74, 6) is 0.350. The second kappa shape index (κ2) is 10.1. The first-order valence-electron chi connectivity index (χ1n) is 9.53. The second-order valence-corrected chi connectivity index (χ2v) is 8.42. The van der Waals surface area contributed by atoms with E-state index in [4.69, 9.17) is 11.6 Å². The second-order valence-electron chi connectivity index (χ2n) is 7.05. The molecule has 154 valence electrons. The molecule has 6 nitrogen and oxygen atoms in total. The maximum atomic E-state index is 12.5. The zero-order valence-corrected chi connectivity index (χ0v) is 18.2. The standard InChI is InChI=1S/C21H25ClN4O2S/c1-15-5-3-6-16(2)20(15)24-18(27)13-25-9-11-26(12-10-25)19(28)14-29-21-17(22)7-4-8-23-21/h3-8H,9-14H2,1-2H3,(H,24,27). The number of aryl methyl sites for hydroxylation is 2. The summed E-state index contributed by atoms with van der Waals surface area (Å²) in [6, 6.07) is 9.50. The molecule has 0 bridgehead atoms. The first-order valence-corrected chi connectivity index (χ1v) is 10.9. The highest BCUT2D eigenvalue weighted by Gasteiger charge is 2.23. The van der Waals surface area contributed by atoms with Crippen LogP contribution in [0.1, 0.15) is 11.1 Å². The number of benzene rings is 1. The van der Waals surface area contributed by atoms with Gasteiger partial charge in [-0.2, -0.15) is 0 Å². The van der Waals surface area contributed by atoms with E-state index in [1.54, 1.807) is 18.3 Å². The highest BCUT2D eigenvalue weighted by Crippen LogP contribution is 2.24. The number of rotatable bonds is 6. The monoisotopic (exact) mass is 432 g/mol. The minimum atomic E-state index is -0.0254. The lowest BCUT2D eigenvalue weighted by molar-refractivity contribution is -0.130. The number of aromatic nitrogens is 1. The van der Waals surface area contributed by atoms with Gasteiger partial charge in [0.15, 0.2) is 0 Å². The molecule has 0 radical (unpaired) electrons. The third-order valence-electron chi connectivity index (χ3n) is 4.89. The van der Waals surface area contributed by atoms with Gasteiger partial charge in [-0.25, -0.2) is 4.98 Å². The van der Waals surface area contributed by atoms with Crippen molar-refractivity contribution in [3.63, 3.8) is 0 Å². The first kappa shape index (κ1) is 21.6. The summed E-state index contributed by atoms with van der Waals surface area (Å²) in [5.41, 5.74) is 3.00. The Hall–Kier alpha value is -2.09. The number of pyridine rings is 1. The van der Waals surface area contributed by atoms with Gasteiger partial charge >= 0.3 is 0 Å². The van der Waals surface area contributed by atoms with Crippen LogP contribution < -0.4 is 5.32 Å². The van der Waals surface area contributed by atoms with Crippen molar-refractivity contribution < 1.29 is 9.59 Å². The van der Waals surface area contributed by atoms with E-state index >= 15 is 0 Å². The molecule has 0 spiro atoms. The van der Waals surface area contributed by atoms with Gasteiger partial charge in [-0.15, -0.1) is 0 Å². The van der Waals surface area contributed by atoms with E-state index in [1.165, 1.54) is 11.8 Å². The maximum absolute atomic E-state index is 12.5. The van der Waals surface area contributed by atoms with Crippen molar-refractivity contribution in [1.82, 2.24) is 14.8 Å². The number of para-hydroxylation sites is 1. The Kier molecular flexibility index (Phi) is 7.52. The Morgan fingerprint density at radius 2 is 1.79 bits per heavy atom. The molecule has 1 aliphatic heterocycles. The molecule has 29 heavy (non-hydrogen) atoms. The van der Waals surface area contributed by atoms with Gasteiger partial charge in [0.1, 0.15) is 5.03 Å². The molecule has 1 aliphatic rings. The fourth-order valence-corrected chi connectivity index (χ4v) is 4.32. The average Bonchev–Trinajstić information content (AvgIpc) is 2.70. The van der Waals surface area contributed by atoms with Crippen molar-refractivity contribution in [2.75, 3.05) is 43.8 Å². The molecule has 3 rings (SSSR count). The summed E-state index contributed by atoms with van der Waals surface area (Å²) in [4.78, 5) is 33.0. The predicted molar refractivity (Wildman–Crippen MR) is 118 cm³/mol. The molecule has 2 amide bonds. The summed E-state index contributed by atoms with van der Waals surface area (Å²) < 4.78 is 0. The van der Waals surface area contributed by atoms with E-state index in [2.05, 4.69) is 15.2 Å². The Labute approximate surface area is 180 Å². The maximum Gasteiger partial charge on any atom is 0.238 e. The van der Waals surface area contributed by atoms with Crippen LogP contribution in [0.4, 0.5) is 5.69 Å². The van der Waals surface area contributed by atoms with E-state index in [0.717, 1.165) is 16.8 Å². The number of carbonyl (C=O) groups excluding carboxylic acids is 2. The molecule has 0 aliphatic carbocycles. The number of halogens is 1. The number of anilines is 1. The molecular weight excluding hydrogens is 408 g/mol. The van der Waals surface area contributed by atoms with Gasteiger partial charge in [0.25, 0.3) is 0 Å². The Balaban J connectivity index is 1.43. The van der Waals surface area contributed by atoms with Crippen molar-refractivity contribution >= 4 is 40.9 Å². The first-order chi connectivity index (χ1) is 13.9. The van der Waals surface area contributed by atoms with Crippen LogP contribution >= 0.6 is 23.4 Å². The lowest BCUT2D eigenvalue weighted by atomic mass is 10.1.